The number of amides is 2. The van der Waals surface area contributed by atoms with Crippen molar-refractivity contribution in [2.75, 3.05) is 12.9 Å². The Morgan fingerprint density at radius 3 is 2.52 bits per heavy atom. The van der Waals surface area contributed by atoms with Crippen molar-refractivity contribution in [2.45, 2.75) is 24.9 Å². The zero-order valence-corrected chi connectivity index (χ0v) is 20.0. The van der Waals surface area contributed by atoms with Gasteiger partial charge in [-0.05, 0) is 48.4 Å². The molecule has 1 fully saturated rings. The molecular formula is C26H25ClN2O3S. The molecule has 0 bridgehead atoms. The Morgan fingerprint density at radius 1 is 1.12 bits per heavy atom. The Balaban J connectivity index is 1.45. The van der Waals surface area contributed by atoms with E-state index in [1.807, 2.05) is 84.6 Å². The predicted octanol–water partition coefficient (Wildman–Crippen LogP) is 5.61. The summed E-state index contributed by atoms with van der Waals surface area (Å²) in [5, 5.41) is 3.62. The summed E-state index contributed by atoms with van der Waals surface area (Å²) in [4.78, 5) is 27.2. The zero-order chi connectivity index (χ0) is 23.4. The van der Waals surface area contributed by atoms with Crippen molar-refractivity contribution in [1.29, 1.82) is 0 Å². The Morgan fingerprint density at radius 2 is 1.82 bits per heavy atom. The molecule has 1 aliphatic rings. The van der Waals surface area contributed by atoms with Crippen molar-refractivity contribution in [3.8, 4) is 5.75 Å². The molecule has 0 saturated carbocycles. The van der Waals surface area contributed by atoms with Crippen LogP contribution < -0.4 is 10.1 Å². The summed E-state index contributed by atoms with van der Waals surface area (Å²) in [5.41, 5.74) is 3.51. The van der Waals surface area contributed by atoms with Gasteiger partial charge >= 0.3 is 0 Å². The molecule has 0 aliphatic carbocycles. The largest absolute Gasteiger partial charge is 0.496 e. The highest BCUT2D eigenvalue weighted by Gasteiger charge is 2.32. The number of nitrogens with one attached hydrogen (secondary N) is 1. The van der Waals surface area contributed by atoms with E-state index >= 15 is 0 Å². The third kappa shape index (κ3) is 5.34. The van der Waals surface area contributed by atoms with Crippen LogP contribution in [0.15, 0.2) is 72.8 Å². The molecule has 0 unspecified atom stereocenters. The molecule has 1 heterocycles. The SMILES string of the molecule is COc1ccccc1[C@H](C)NC(=O)c1ccc([C@@H]2SCC(=O)N2Cc2ccc(Cl)cc2)cc1. The lowest BCUT2D eigenvalue weighted by Gasteiger charge is -2.24. The number of methoxy groups -OCH3 is 1. The van der Waals surface area contributed by atoms with E-state index in [1.54, 1.807) is 18.9 Å². The number of carbonyl (C=O) groups is 2. The van der Waals surface area contributed by atoms with E-state index in [0.29, 0.717) is 22.9 Å². The number of nitrogens with zero attached hydrogens (tertiary/aromatic N) is 1. The zero-order valence-electron chi connectivity index (χ0n) is 18.5. The molecule has 2 atom stereocenters. The Bertz CT molecular complexity index is 1140. The molecule has 0 aromatic heterocycles. The van der Waals surface area contributed by atoms with Crippen molar-refractivity contribution < 1.29 is 14.3 Å². The summed E-state index contributed by atoms with van der Waals surface area (Å²) >= 11 is 7.58. The number of hydrogen-bond acceptors (Lipinski definition) is 4. The molecule has 5 nitrogen and oxygen atoms in total. The highest BCUT2D eigenvalue weighted by molar-refractivity contribution is 8.00. The molecule has 7 heteroatoms. The first kappa shape index (κ1) is 23.2. The minimum absolute atomic E-state index is 0.0854. The van der Waals surface area contributed by atoms with Crippen LogP contribution in [0.3, 0.4) is 0 Å². The maximum atomic E-state index is 12.8. The second-order valence-corrected chi connectivity index (χ2v) is 9.38. The van der Waals surface area contributed by atoms with Gasteiger partial charge in [0.05, 0.1) is 18.9 Å². The molecule has 33 heavy (non-hydrogen) atoms. The minimum atomic E-state index is -0.203. The van der Waals surface area contributed by atoms with Gasteiger partial charge in [-0.2, -0.15) is 0 Å². The molecular weight excluding hydrogens is 456 g/mol. The number of para-hydroxylation sites is 1. The van der Waals surface area contributed by atoms with Crippen LogP contribution in [-0.4, -0.2) is 29.6 Å². The van der Waals surface area contributed by atoms with Gasteiger partial charge in [-0.1, -0.05) is 54.1 Å². The summed E-state index contributed by atoms with van der Waals surface area (Å²) in [5.74, 6) is 1.13. The van der Waals surface area contributed by atoms with E-state index in [0.717, 1.165) is 22.4 Å². The summed E-state index contributed by atoms with van der Waals surface area (Å²) in [6, 6.07) is 22.4. The van der Waals surface area contributed by atoms with E-state index in [9.17, 15) is 9.59 Å². The Labute approximate surface area is 203 Å². The van der Waals surface area contributed by atoms with Crippen molar-refractivity contribution in [1.82, 2.24) is 10.2 Å². The fourth-order valence-electron chi connectivity index (χ4n) is 3.87. The van der Waals surface area contributed by atoms with Crippen molar-refractivity contribution in [3.63, 3.8) is 0 Å². The lowest BCUT2D eigenvalue weighted by molar-refractivity contribution is -0.128. The second kappa shape index (κ2) is 10.3. The molecule has 4 rings (SSSR count). The molecule has 3 aromatic carbocycles. The smallest absolute Gasteiger partial charge is 0.251 e. The van der Waals surface area contributed by atoms with Crippen LogP contribution in [0, 0.1) is 0 Å². The number of halogens is 1. The monoisotopic (exact) mass is 480 g/mol. The fourth-order valence-corrected chi connectivity index (χ4v) is 5.18. The molecule has 2 amide bonds. The van der Waals surface area contributed by atoms with Gasteiger partial charge in [0.25, 0.3) is 5.91 Å². The molecule has 1 saturated heterocycles. The van der Waals surface area contributed by atoms with Crippen LogP contribution in [0.2, 0.25) is 5.02 Å². The average Bonchev–Trinajstić information content (AvgIpc) is 3.20. The normalized spacial score (nSPS) is 16.5. The number of benzene rings is 3. The molecule has 3 aromatic rings. The van der Waals surface area contributed by atoms with Crippen LogP contribution >= 0.6 is 23.4 Å². The van der Waals surface area contributed by atoms with Gasteiger partial charge < -0.3 is 15.0 Å². The van der Waals surface area contributed by atoms with Gasteiger partial charge in [0.1, 0.15) is 11.1 Å². The van der Waals surface area contributed by atoms with E-state index in [-0.39, 0.29) is 23.2 Å². The third-order valence-electron chi connectivity index (χ3n) is 5.65. The Kier molecular flexibility index (Phi) is 7.26. The molecule has 170 valence electrons. The highest BCUT2D eigenvalue weighted by Crippen LogP contribution is 2.39. The standard InChI is InChI=1S/C26H25ClN2O3S/c1-17(22-5-3-4-6-23(22)32-2)28-25(31)19-9-11-20(12-10-19)26-29(24(30)16-33-26)15-18-7-13-21(27)14-8-18/h3-14,17,26H,15-16H2,1-2H3,(H,28,31)/t17-,26-/m0/s1. The summed E-state index contributed by atoms with van der Waals surface area (Å²) in [6.45, 7) is 2.45. The van der Waals surface area contributed by atoms with Crippen LogP contribution in [0.1, 0.15) is 45.4 Å². The van der Waals surface area contributed by atoms with Crippen molar-refractivity contribution in [2.24, 2.45) is 0 Å². The predicted molar refractivity (Wildman–Crippen MR) is 133 cm³/mol. The highest BCUT2D eigenvalue weighted by atomic mass is 35.5. The van der Waals surface area contributed by atoms with Gasteiger partial charge in [0.15, 0.2) is 0 Å². The topological polar surface area (TPSA) is 58.6 Å². The van der Waals surface area contributed by atoms with E-state index in [1.165, 1.54) is 0 Å². The summed E-state index contributed by atoms with van der Waals surface area (Å²) in [7, 11) is 1.62. The van der Waals surface area contributed by atoms with E-state index in [4.69, 9.17) is 16.3 Å². The van der Waals surface area contributed by atoms with Gasteiger partial charge in [-0.25, -0.2) is 0 Å². The summed E-state index contributed by atoms with van der Waals surface area (Å²) in [6.07, 6.45) is 0. The lowest BCUT2D eigenvalue weighted by atomic mass is 10.1. The van der Waals surface area contributed by atoms with E-state index in [2.05, 4.69) is 5.32 Å². The maximum Gasteiger partial charge on any atom is 0.251 e. The number of carbonyl (C=O) groups excluding carboxylic acids is 2. The van der Waals surface area contributed by atoms with Gasteiger partial charge in [0, 0.05) is 22.7 Å². The van der Waals surface area contributed by atoms with Gasteiger partial charge in [0.2, 0.25) is 5.91 Å². The number of thioether (sulfide) groups is 1. The number of rotatable bonds is 7. The van der Waals surface area contributed by atoms with Gasteiger partial charge in [-0.15, -0.1) is 11.8 Å². The molecule has 1 aliphatic heterocycles. The van der Waals surface area contributed by atoms with Crippen molar-refractivity contribution >= 4 is 35.2 Å². The molecule has 1 N–H and O–H groups in total. The van der Waals surface area contributed by atoms with Crippen LogP contribution in [0.4, 0.5) is 0 Å². The Hall–Kier alpha value is -2.96. The maximum absolute atomic E-state index is 12.8. The van der Waals surface area contributed by atoms with Gasteiger partial charge in [-0.3, -0.25) is 9.59 Å². The summed E-state index contributed by atoms with van der Waals surface area (Å²) < 4.78 is 5.40. The molecule has 0 radical (unpaired) electrons. The second-order valence-electron chi connectivity index (χ2n) is 7.87. The first-order valence-electron chi connectivity index (χ1n) is 10.7. The van der Waals surface area contributed by atoms with Crippen LogP contribution in [-0.2, 0) is 11.3 Å². The first-order valence-corrected chi connectivity index (χ1v) is 12.1. The first-order chi connectivity index (χ1) is 16.0. The van der Waals surface area contributed by atoms with E-state index < -0.39 is 0 Å². The third-order valence-corrected chi connectivity index (χ3v) is 7.15. The fraction of sp³-hybridized carbons (Fsp3) is 0.231. The quantitative estimate of drug-likeness (QED) is 0.477. The van der Waals surface area contributed by atoms with Crippen LogP contribution in [0.5, 0.6) is 5.75 Å². The number of ether oxygens (including phenoxy) is 1. The average molecular weight is 481 g/mol. The lowest BCUT2D eigenvalue weighted by Crippen LogP contribution is -2.28. The molecule has 0 spiro atoms. The van der Waals surface area contributed by atoms with Crippen LogP contribution in [0.25, 0.3) is 0 Å². The van der Waals surface area contributed by atoms with Crippen molar-refractivity contribution in [3.05, 3.63) is 100 Å². The number of hydrogen-bond donors (Lipinski definition) is 1. The minimum Gasteiger partial charge on any atom is -0.496 e.